The number of ether oxygens (including phenoxy) is 1. The van der Waals surface area contributed by atoms with E-state index in [4.69, 9.17) is 4.74 Å². The fourth-order valence-electron chi connectivity index (χ4n) is 2.30. The van der Waals surface area contributed by atoms with Crippen LogP contribution in [0.4, 0.5) is 0 Å². The maximum absolute atomic E-state index is 12.3. The normalized spacial score (nSPS) is 15.8. The van der Waals surface area contributed by atoms with Crippen molar-refractivity contribution >= 4 is 17.7 Å². The maximum atomic E-state index is 12.3. The standard InChI is InChI=1S/C14H26N4O2S/c1-7-20-12(19)14(5,16-10(2)3)8-11(4)21-13-17-15-9-18(13)6/h9-11,16H,7-8H2,1-6H3. The van der Waals surface area contributed by atoms with Gasteiger partial charge >= 0.3 is 5.97 Å². The van der Waals surface area contributed by atoms with E-state index in [1.807, 2.05) is 39.3 Å². The highest BCUT2D eigenvalue weighted by Gasteiger charge is 2.37. The second-order valence-electron chi connectivity index (χ2n) is 5.71. The molecule has 0 saturated carbocycles. The number of esters is 1. The summed E-state index contributed by atoms with van der Waals surface area (Å²) in [6.07, 6.45) is 2.33. The fourth-order valence-corrected chi connectivity index (χ4v) is 3.39. The highest BCUT2D eigenvalue weighted by atomic mass is 32.2. The van der Waals surface area contributed by atoms with Gasteiger partial charge in [0.05, 0.1) is 6.61 Å². The monoisotopic (exact) mass is 314 g/mol. The average Bonchev–Trinajstić information content (AvgIpc) is 2.73. The first kappa shape index (κ1) is 18.0. The number of rotatable bonds is 8. The van der Waals surface area contributed by atoms with Crippen molar-refractivity contribution in [3.63, 3.8) is 0 Å². The molecule has 6 nitrogen and oxygen atoms in total. The van der Waals surface area contributed by atoms with Crippen molar-refractivity contribution < 1.29 is 9.53 Å². The lowest BCUT2D eigenvalue weighted by atomic mass is 9.95. The Kier molecular flexibility index (Phi) is 6.67. The molecule has 0 aliphatic rings. The summed E-state index contributed by atoms with van der Waals surface area (Å²) in [5.41, 5.74) is -0.699. The van der Waals surface area contributed by atoms with Crippen LogP contribution in [0.5, 0.6) is 0 Å². The summed E-state index contributed by atoms with van der Waals surface area (Å²) >= 11 is 1.61. The summed E-state index contributed by atoms with van der Waals surface area (Å²) in [4.78, 5) is 12.3. The number of hydrogen-bond donors (Lipinski definition) is 1. The minimum atomic E-state index is -0.699. The summed E-state index contributed by atoms with van der Waals surface area (Å²) in [6.45, 7) is 10.2. The number of hydrogen-bond acceptors (Lipinski definition) is 6. The molecule has 0 spiro atoms. The zero-order valence-electron chi connectivity index (χ0n) is 13.7. The lowest BCUT2D eigenvalue weighted by Crippen LogP contribution is -2.54. The molecule has 0 saturated heterocycles. The van der Waals surface area contributed by atoms with Gasteiger partial charge in [0.15, 0.2) is 5.16 Å². The molecule has 0 aromatic carbocycles. The van der Waals surface area contributed by atoms with Crippen LogP contribution in [0.1, 0.15) is 41.0 Å². The number of thioether (sulfide) groups is 1. The predicted molar refractivity (Wildman–Crippen MR) is 84.2 cm³/mol. The molecule has 1 aromatic rings. The third-order valence-electron chi connectivity index (χ3n) is 3.01. The van der Waals surface area contributed by atoms with E-state index < -0.39 is 5.54 Å². The average molecular weight is 314 g/mol. The van der Waals surface area contributed by atoms with E-state index in [9.17, 15) is 4.79 Å². The third-order valence-corrected chi connectivity index (χ3v) is 4.15. The van der Waals surface area contributed by atoms with Gasteiger partial charge in [-0.25, -0.2) is 0 Å². The van der Waals surface area contributed by atoms with Gasteiger partial charge in [-0.3, -0.25) is 10.1 Å². The third kappa shape index (κ3) is 5.32. The Balaban J connectivity index is 2.75. The summed E-state index contributed by atoms with van der Waals surface area (Å²) in [7, 11) is 1.91. The summed E-state index contributed by atoms with van der Waals surface area (Å²) in [5.74, 6) is -0.205. The van der Waals surface area contributed by atoms with Crippen LogP contribution < -0.4 is 5.32 Å². The van der Waals surface area contributed by atoms with Gasteiger partial charge in [-0.2, -0.15) is 0 Å². The molecular weight excluding hydrogens is 288 g/mol. The molecule has 1 rings (SSSR count). The van der Waals surface area contributed by atoms with E-state index in [-0.39, 0.29) is 17.3 Å². The van der Waals surface area contributed by atoms with Gasteiger partial charge < -0.3 is 9.30 Å². The van der Waals surface area contributed by atoms with E-state index in [1.165, 1.54) is 0 Å². The molecule has 0 amide bonds. The molecule has 0 fully saturated rings. The minimum Gasteiger partial charge on any atom is -0.465 e. The number of aryl methyl sites for hydroxylation is 1. The topological polar surface area (TPSA) is 69.0 Å². The Bertz CT molecular complexity index is 464. The number of carbonyl (C=O) groups is 1. The van der Waals surface area contributed by atoms with Gasteiger partial charge in [-0.1, -0.05) is 18.7 Å². The van der Waals surface area contributed by atoms with Gasteiger partial charge in [0.2, 0.25) is 0 Å². The molecule has 0 radical (unpaired) electrons. The summed E-state index contributed by atoms with van der Waals surface area (Å²) in [6, 6.07) is 0.200. The molecule has 0 aliphatic heterocycles. The van der Waals surface area contributed by atoms with E-state index in [1.54, 1.807) is 18.1 Å². The van der Waals surface area contributed by atoms with Gasteiger partial charge in [-0.05, 0) is 34.1 Å². The van der Waals surface area contributed by atoms with Crippen LogP contribution in [-0.4, -0.2) is 44.2 Å². The zero-order valence-corrected chi connectivity index (χ0v) is 14.5. The largest absolute Gasteiger partial charge is 0.465 e. The number of nitrogens with zero attached hydrogens (tertiary/aromatic N) is 3. The first-order valence-electron chi connectivity index (χ1n) is 7.24. The van der Waals surface area contributed by atoms with Crippen LogP contribution in [0.15, 0.2) is 11.5 Å². The Labute approximate surface area is 131 Å². The quantitative estimate of drug-likeness (QED) is 0.585. The second-order valence-corrected chi connectivity index (χ2v) is 7.11. The van der Waals surface area contributed by atoms with Crippen molar-refractivity contribution in [1.29, 1.82) is 0 Å². The molecular formula is C14H26N4O2S. The van der Waals surface area contributed by atoms with Crippen molar-refractivity contribution in [3.8, 4) is 0 Å². The number of carbonyl (C=O) groups excluding carboxylic acids is 1. The van der Waals surface area contributed by atoms with Crippen molar-refractivity contribution in [2.24, 2.45) is 7.05 Å². The maximum Gasteiger partial charge on any atom is 0.326 e. The van der Waals surface area contributed by atoms with E-state index in [0.29, 0.717) is 13.0 Å². The first-order chi connectivity index (χ1) is 9.78. The van der Waals surface area contributed by atoms with Crippen LogP contribution in [-0.2, 0) is 16.6 Å². The molecule has 1 N–H and O–H groups in total. The Morgan fingerprint density at radius 3 is 2.67 bits per heavy atom. The number of nitrogens with one attached hydrogen (secondary N) is 1. The van der Waals surface area contributed by atoms with Crippen LogP contribution in [0.3, 0.4) is 0 Å². The SMILES string of the molecule is CCOC(=O)C(C)(CC(C)Sc1nncn1C)NC(C)C. The van der Waals surface area contributed by atoms with Gasteiger partial charge in [0.1, 0.15) is 11.9 Å². The van der Waals surface area contributed by atoms with Crippen molar-refractivity contribution in [1.82, 2.24) is 20.1 Å². The van der Waals surface area contributed by atoms with Crippen LogP contribution in [0, 0.1) is 0 Å². The van der Waals surface area contributed by atoms with Crippen molar-refractivity contribution in [2.45, 2.75) is 63.0 Å². The summed E-state index contributed by atoms with van der Waals surface area (Å²) < 4.78 is 7.10. The van der Waals surface area contributed by atoms with E-state index in [2.05, 4.69) is 22.4 Å². The molecule has 21 heavy (non-hydrogen) atoms. The van der Waals surface area contributed by atoms with Crippen molar-refractivity contribution in [3.05, 3.63) is 6.33 Å². The Hall–Kier alpha value is -1.08. The number of aromatic nitrogens is 3. The van der Waals surface area contributed by atoms with Gasteiger partial charge in [0.25, 0.3) is 0 Å². The zero-order chi connectivity index (χ0) is 16.0. The molecule has 1 heterocycles. The highest BCUT2D eigenvalue weighted by Crippen LogP contribution is 2.28. The van der Waals surface area contributed by atoms with E-state index in [0.717, 1.165) is 5.16 Å². The van der Waals surface area contributed by atoms with Crippen molar-refractivity contribution in [2.75, 3.05) is 6.61 Å². The first-order valence-corrected chi connectivity index (χ1v) is 8.12. The van der Waals surface area contributed by atoms with Crippen LogP contribution >= 0.6 is 11.8 Å². The highest BCUT2D eigenvalue weighted by molar-refractivity contribution is 7.99. The van der Waals surface area contributed by atoms with Gasteiger partial charge in [0, 0.05) is 18.3 Å². The smallest absolute Gasteiger partial charge is 0.326 e. The minimum absolute atomic E-state index is 0.200. The Morgan fingerprint density at radius 2 is 2.19 bits per heavy atom. The van der Waals surface area contributed by atoms with Gasteiger partial charge in [-0.15, -0.1) is 10.2 Å². The molecule has 2 atom stereocenters. The molecule has 0 bridgehead atoms. The molecule has 120 valence electrons. The second kappa shape index (κ2) is 7.79. The molecule has 7 heteroatoms. The predicted octanol–water partition coefficient (Wildman–Crippen LogP) is 2.01. The fraction of sp³-hybridized carbons (Fsp3) is 0.786. The lowest BCUT2D eigenvalue weighted by Gasteiger charge is -2.32. The molecule has 0 aliphatic carbocycles. The summed E-state index contributed by atoms with van der Waals surface area (Å²) in [5, 5.41) is 12.3. The Morgan fingerprint density at radius 1 is 1.52 bits per heavy atom. The lowest BCUT2D eigenvalue weighted by molar-refractivity contribution is -0.151. The molecule has 2 unspecified atom stereocenters. The van der Waals surface area contributed by atoms with Crippen LogP contribution in [0.2, 0.25) is 0 Å². The van der Waals surface area contributed by atoms with Crippen LogP contribution in [0.25, 0.3) is 0 Å². The molecule has 1 aromatic heterocycles. The van der Waals surface area contributed by atoms with E-state index >= 15 is 0 Å².